The molecule has 0 spiro atoms. The number of hydrogen-bond acceptors (Lipinski definition) is 5. The number of para-hydroxylation sites is 1. The Bertz CT molecular complexity index is 765. The molecular formula is C17H20ClN3O3S. The lowest BCUT2D eigenvalue weighted by molar-refractivity contribution is 0.0636. The lowest BCUT2D eigenvalue weighted by atomic mass is 10.0. The molecule has 2 aromatic rings. The van der Waals surface area contributed by atoms with Gasteiger partial charge < -0.3 is 20.7 Å². The molecule has 1 saturated heterocycles. The van der Waals surface area contributed by atoms with Crippen LogP contribution in [0.15, 0.2) is 36.4 Å². The minimum Gasteiger partial charge on any atom is -0.496 e. The van der Waals surface area contributed by atoms with Gasteiger partial charge in [0.25, 0.3) is 11.8 Å². The fraction of sp³-hybridized carbons (Fsp3) is 0.294. The Kier molecular flexibility index (Phi) is 6.41. The van der Waals surface area contributed by atoms with Crippen molar-refractivity contribution in [3.8, 4) is 5.75 Å². The minimum atomic E-state index is -0.513. The number of hydrogen-bond donors (Lipinski definition) is 2. The molecule has 134 valence electrons. The van der Waals surface area contributed by atoms with Crippen molar-refractivity contribution in [1.82, 2.24) is 10.2 Å². The second-order valence-electron chi connectivity index (χ2n) is 5.49. The van der Waals surface area contributed by atoms with Crippen molar-refractivity contribution >= 4 is 35.6 Å². The molecule has 2 heterocycles. The second kappa shape index (κ2) is 8.33. The zero-order valence-electron chi connectivity index (χ0n) is 13.7. The predicted octanol–water partition coefficient (Wildman–Crippen LogP) is 2.06. The van der Waals surface area contributed by atoms with Gasteiger partial charge in [-0.15, -0.1) is 23.7 Å². The number of nitrogens with zero attached hydrogens (tertiary/aromatic N) is 1. The topological polar surface area (TPSA) is 84.7 Å². The average Bonchev–Trinajstić information content (AvgIpc) is 3.11. The highest BCUT2D eigenvalue weighted by Crippen LogP contribution is 2.32. The SMILES string of the molecule is COc1ccccc1C1CNCCN1C(=O)c1ccc(C(N)=O)s1.Cl. The summed E-state index contributed by atoms with van der Waals surface area (Å²) in [5.74, 6) is 0.151. The third kappa shape index (κ3) is 3.95. The van der Waals surface area contributed by atoms with Gasteiger partial charge in [0.05, 0.1) is 22.9 Å². The minimum absolute atomic E-state index is 0. The van der Waals surface area contributed by atoms with Crippen LogP contribution in [0.2, 0.25) is 0 Å². The number of thiophene rings is 1. The Labute approximate surface area is 156 Å². The number of nitrogens with one attached hydrogen (secondary N) is 1. The number of halogens is 1. The maximum atomic E-state index is 12.9. The zero-order chi connectivity index (χ0) is 17.1. The zero-order valence-corrected chi connectivity index (χ0v) is 15.4. The molecule has 6 nitrogen and oxygen atoms in total. The number of carbonyl (C=O) groups is 2. The molecule has 1 atom stereocenters. The Morgan fingerprint density at radius 1 is 1.24 bits per heavy atom. The molecule has 1 aromatic carbocycles. The summed E-state index contributed by atoms with van der Waals surface area (Å²) in [5, 5.41) is 3.32. The molecule has 1 aliphatic heterocycles. The molecule has 1 aromatic heterocycles. The summed E-state index contributed by atoms with van der Waals surface area (Å²) in [6.45, 7) is 1.97. The maximum absolute atomic E-state index is 12.9. The van der Waals surface area contributed by atoms with E-state index in [1.54, 1.807) is 19.2 Å². The van der Waals surface area contributed by atoms with Crippen molar-refractivity contribution in [2.45, 2.75) is 6.04 Å². The van der Waals surface area contributed by atoms with Crippen molar-refractivity contribution in [2.24, 2.45) is 5.73 Å². The number of primary amides is 1. The number of amides is 2. The van der Waals surface area contributed by atoms with E-state index < -0.39 is 5.91 Å². The highest BCUT2D eigenvalue weighted by Gasteiger charge is 2.31. The summed E-state index contributed by atoms with van der Waals surface area (Å²) >= 11 is 1.13. The number of ether oxygens (including phenoxy) is 1. The van der Waals surface area contributed by atoms with Gasteiger partial charge in [0.1, 0.15) is 5.75 Å². The van der Waals surface area contributed by atoms with Crippen LogP contribution in [0.5, 0.6) is 5.75 Å². The Morgan fingerprint density at radius 2 is 1.96 bits per heavy atom. The van der Waals surface area contributed by atoms with Gasteiger partial charge in [-0.2, -0.15) is 0 Å². The van der Waals surface area contributed by atoms with Gasteiger partial charge in [-0.1, -0.05) is 18.2 Å². The molecule has 0 bridgehead atoms. The summed E-state index contributed by atoms with van der Waals surface area (Å²) in [7, 11) is 1.62. The number of rotatable bonds is 4. The van der Waals surface area contributed by atoms with E-state index in [-0.39, 0.29) is 24.4 Å². The third-order valence-electron chi connectivity index (χ3n) is 4.06. The molecular weight excluding hydrogens is 362 g/mol. The molecule has 2 amide bonds. The Morgan fingerprint density at radius 3 is 2.64 bits per heavy atom. The van der Waals surface area contributed by atoms with Crippen molar-refractivity contribution in [3.05, 3.63) is 51.7 Å². The summed E-state index contributed by atoms with van der Waals surface area (Å²) in [5.41, 5.74) is 6.25. The van der Waals surface area contributed by atoms with Crippen LogP contribution in [-0.2, 0) is 0 Å². The molecule has 0 aliphatic carbocycles. The van der Waals surface area contributed by atoms with Gasteiger partial charge in [0.15, 0.2) is 0 Å². The van der Waals surface area contributed by atoms with Crippen LogP contribution in [0.25, 0.3) is 0 Å². The van der Waals surface area contributed by atoms with Crippen LogP contribution in [0.3, 0.4) is 0 Å². The van der Waals surface area contributed by atoms with E-state index in [0.717, 1.165) is 29.2 Å². The average molecular weight is 382 g/mol. The van der Waals surface area contributed by atoms with Gasteiger partial charge >= 0.3 is 0 Å². The van der Waals surface area contributed by atoms with E-state index in [0.29, 0.717) is 22.8 Å². The van der Waals surface area contributed by atoms with E-state index in [9.17, 15) is 9.59 Å². The van der Waals surface area contributed by atoms with Crippen LogP contribution in [0, 0.1) is 0 Å². The van der Waals surface area contributed by atoms with Crippen molar-refractivity contribution in [3.63, 3.8) is 0 Å². The van der Waals surface area contributed by atoms with E-state index >= 15 is 0 Å². The molecule has 0 saturated carbocycles. The van der Waals surface area contributed by atoms with Crippen LogP contribution in [0.4, 0.5) is 0 Å². The van der Waals surface area contributed by atoms with Gasteiger partial charge in [0.2, 0.25) is 0 Å². The van der Waals surface area contributed by atoms with Crippen molar-refractivity contribution in [1.29, 1.82) is 0 Å². The molecule has 1 fully saturated rings. The summed E-state index contributed by atoms with van der Waals surface area (Å²) in [6, 6.07) is 10.8. The van der Waals surface area contributed by atoms with Gasteiger partial charge in [0, 0.05) is 25.2 Å². The maximum Gasteiger partial charge on any atom is 0.264 e. The van der Waals surface area contributed by atoms with Crippen molar-refractivity contribution in [2.75, 3.05) is 26.7 Å². The fourth-order valence-electron chi connectivity index (χ4n) is 2.89. The highest BCUT2D eigenvalue weighted by molar-refractivity contribution is 7.15. The molecule has 3 rings (SSSR count). The first-order valence-electron chi connectivity index (χ1n) is 7.66. The number of methoxy groups -OCH3 is 1. The largest absolute Gasteiger partial charge is 0.496 e. The molecule has 1 unspecified atom stereocenters. The molecule has 0 radical (unpaired) electrons. The smallest absolute Gasteiger partial charge is 0.264 e. The van der Waals surface area contributed by atoms with E-state index in [4.69, 9.17) is 10.5 Å². The van der Waals surface area contributed by atoms with Gasteiger partial charge in [-0.25, -0.2) is 0 Å². The van der Waals surface area contributed by atoms with E-state index in [1.807, 2.05) is 29.2 Å². The quantitative estimate of drug-likeness (QED) is 0.849. The lowest BCUT2D eigenvalue weighted by Gasteiger charge is -2.36. The standard InChI is InChI=1S/C17H19N3O3S.ClH/c1-23-13-5-3-2-4-11(13)12-10-19-8-9-20(12)17(22)15-7-6-14(24-15)16(18)21;/h2-7,12,19H,8-10H2,1H3,(H2,18,21);1H. The molecule has 3 N–H and O–H groups in total. The predicted molar refractivity (Wildman–Crippen MR) is 99.7 cm³/mol. The molecule has 1 aliphatic rings. The van der Waals surface area contributed by atoms with Gasteiger partial charge in [-0.3, -0.25) is 9.59 Å². The third-order valence-corrected chi connectivity index (χ3v) is 5.15. The second-order valence-corrected chi connectivity index (χ2v) is 6.57. The Hall–Kier alpha value is -2.09. The monoisotopic (exact) mass is 381 g/mol. The van der Waals surface area contributed by atoms with Crippen LogP contribution >= 0.6 is 23.7 Å². The first-order valence-corrected chi connectivity index (χ1v) is 8.47. The summed E-state index contributed by atoms with van der Waals surface area (Å²) in [4.78, 5) is 26.9. The summed E-state index contributed by atoms with van der Waals surface area (Å²) < 4.78 is 5.44. The molecule has 8 heteroatoms. The Balaban J connectivity index is 0.00000225. The first kappa shape index (κ1) is 19.2. The van der Waals surface area contributed by atoms with Crippen LogP contribution in [0.1, 0.15) is 30.9 Å². The fourth-order valence-corrected chi connectivity index (χ4v) is 3.71. The van der Waals surface area contributed by atoms with E-state index in [1.165, 1.54) is 0 Å². The normalized spacial score (nSPS) is 16.8. The number of carbonyl (C=O) groups excluding carboxylic acids is 2. The first-order chi connectivity index (χ1) is 11.6. The molecule has 25 heavy (non-hydrogen) atoms. The van der Waals surface area contributed by atoms with Crippen LogP contribution in [-0.4, -0.2) is 43.5 Å². The lowest BCUT2D eigenvalue weighted by Crippen LogP contribution is -2.48. The highest BCUT2D eigenvalue weighted by atomic mass is 35.5. The van der Waals surface area contributed by atoms with Gasteiger partial charge in [-0.05, 0) is 18.2 Å². The summed E-state index contributed by atoms with van der Waals surface area (Å²) in [6.07, 6.45) is 0. The van der Waals surface area contributed by atoms with Crippen molar-refractivity contribution < 1.29 is 14.3 Å². The van der Waals surface area contributed by atoms with Crippen LogP contribution < -0.4 is 15.8 Å². The number of piperazine rings is 1. The van der Waals surface area contributed by atoms with E-state index in [2.05, 4.69) is 5.32 Å². The number of nitrogens with two attached hydrogens (primary N) is 1. The number of benzene rings is 1.